The summed E-state index contributed by atoms with van der Waals surface area (Å²) in [5.41, 5.74) is -0.537. The molecule has 0 N–H and O–H groups in total. The predicted molar refractivity (Wildman–Crippen MR) is 156 cm³/mol. The van der Waals surface area contributed by atoms with Crippen LogP contribution in [0.3, 0.4) is 0 Å². The van der Waals surface area contributed by atoms with Crippen molar-refractivity contribution in [2.75, 3.05) is 5.06 Å². The van der Waals surface area contributed by atoms with Crippen LogP contribution in [0.4, 0.5) is 5.69 Å². The maximum absolute atomic E-state index is 13.9. The molecule has 2 atom stereocenters. The number of nitrogens with zero attached hydrogens (tertiary/aromatic N) is 2. The number of rotatable bonds is 4. The van der Waals surface area contributed by atoms with Crippen LogP contribution in [0.5, 0.6) is 0 Å². The smallest absolute Gasteiger partial charge is 0.260 e. The molecule has 1 amide bonds. The fraction of sp³-hybridized carbons (Fsp3) is 0.250. The Morgan fingerprint density at radius 1 is 0.895 bits per heavy atom. The second-order valence-electron chi connectivity index (χ2n) is 10.0. The van der Waals surface area contributed by atoms with Gasteiger partial charge in [0.2, 0.25) is 0 Å². The van der Waals surface area contributed by atoms with Gasteiger partial charge in [0.05, 0.1) is 21.3 Å². The van der Waals surface area contributed by atoms with Crippen molar-refractivity contribution in [3.63, 3.8) is 0 Å². The van der Waals surface area contributed by atoms with E-state index in [0.29, 0.717) is 27.7 Å². The number of ketones is 1. The molecule has 2 heterocycles. The largest absolute Gasteiger partial charge is 0.294 e. The molecule has 2 fully saturated rings. The van der Waals surface area contributed by atoms with E-state index in [4.69, 9.17) is 63.5 Å². The SMILES string of the molecule is CC1(C)C[C@@]2(C[C@H](C(=O)c3ccc(Cl)cc3Cl)N(c3ccccc3)O2)C(=S)N1C(=O)c1ccc(Cl)cc1Cl. The predicted octanol–water partition coefficient (Wildman–Crippen LogP) is 8.08. The molecule has 196 valence electrons. The van der Waals surface area contributed by atoms with Crippen LogP contribution in [-0.2, 0) is 4.84 Å². The minimum Gasteiger partial charge on any atom is -0.294 e. The lowest BCUT2D eigenvalue weighted by molar-refractivity contribution is 0.0335. The van der Waals surface area contributed by atoms with Crippen LogP contribution in [0.2, 0.25) is 20.1 Å². The highest BCUT2D eigenvalue weighted by Crippen LogP contribution is 2.49. The lowest BCUT2D eigenvalue weighted by Gasteiger charge is -2.31. The Bertz CT molecular complexity index is 1470. The summed E-state index contributed by atoms with van der Waals surface area (Å²) < 4.78 is 0. The number of hydrogen-bond donors (Lipinski definition) is 0. The van der Waals surface area contributed by atoms with Gasteiger partial charge in [-0.3, -0.25) is 19.3 Å². The highest BCUT2D eigenvalue weighted by molar-refractivity contribution is 7.80. The first-order chi connectivity index (χ1) is 17.9. The number of hydrogen-bond acceptors (Lipinski definition) is 5. The molecule has 3 aromatic carbocycles. The molecule has 0 unspecified atom stereocenters. The van der Waals surface area contributed by atoms with Gasteiger partial charge in [0, 0.05) is 34.0 Å². The number of hydroxylamine groups is 1. The first-order valence-corrected chi connectivity index (χ1v) is 13.7. The molecule has 0 radical (unpaired) electrons. The number of para-hydroxylation sites is 1. The average Bonchev–Trinajstić information content (AvgIpc) is 3.32. The number of benzene rings is 3. The van der Waals surface area contributed by atoms with Gasteiger partial charge < -0.3 is 0 Å². The van der Waals surface area contributed by atoms with E-state index in [1.807, 2.05) is 44.2 Å². The zero-order valence-corrected chi connectivity index (χ0v) is 24.2. The van der Waals surface area contributed by atoms with Crippen LogP contribution in [0.25, 0.3) is 0 Å². The third-order valence-electron chi connectivity index (χ3n) is 6.87. The molecule has 5 rings (SSSR count). The molecule has 0 aliphatic carbocycles. The molecular formula is C28H22Cl4N2O3S. The van der Waals surface area contributed by atoms with E-state index in [-0.39, 0.29) is 38.7 Å². The summed E-state index contributed by atoms with van der Waals surface area (Å²) in [5.74, 6) is -0.595. The molecule has 38 heavy (non-hydrogen) atoms. The molecule has 0 bridgehead atoms. The van der Waals surface area contributed by atoms with Gasteiger partial charge in [0.25, 0.3) is 5.91 Å². The molecule has 5 nitrogen and oxygen atoms in total. The van der Waals surface area contributed by atoms with Gasteiger partial charge in [-0.25, -0.2) is 5.06 Å². The van der Waals surface area contributed by atoms with Crippen LogP contribution in [0.15, 0.2) is 66.7 Å². The van der Waals surface area contributed by atoms with Crippen LogP contribution in [0.1, 0.15) is 47.4 Å². The molecule has 10 heteroatoms. The normalized spacial score (nSPS) is 22.4. The third-order valence-corrected chi connectivity index (χ3v) is 8.52. The molecule has 3 aromatic rings. The zero-order valence-electron chi connectivity index (χ0n) is 20.4. The number of thiocarbonyl (C=S) groups is 1. The number of carbonyl (C=O) groups excluding carboxylic acids is 2. The monoisotopic (exact) mass is 606 g/mol. The van der Waals surface area contributed by atoms with Crippen molar-refractivity contribution < 1.29 is 14.4 Å². The van der Waals surface area contributed by atoms with Crippen molar-refractivity contribution in [1.82, 2.24) is 4.90 Å². The van der Waals surface area contributed by atoms with Crippen molar-refractivity contribution in [3.05, 3.63) is 97.9 Å². The highest BCUT2D eigenvalue weighted by Gasteiger charge is 2.62. The summed E-state index contributed by atoms with van der Waals surface area (Å²) in [4.78, 5) is 36.1. The van der Waals surface area contributed by atoms with E-state index >= 15 is 0 Å². The molecule has 0 aromatic heterocycles. The topological polar surface area (TPSA) is 49.9 Å². The van der Waals surface area contributed by atoms with Gasteiger partial charge in [0.1, 0.15) is 11.0 Å². The lowest BCUT2D eigenvalue weighted by atomic mass is 9.86. The quantitative estimate of drug-likeness (QED) is 0.222. The second kappa shape index (κ2) is 10.1. The van der Waals surface area contributed by atoms with Crippen LogP contribution < -0.4 is 5.06 Å². The Kier molecular flexibility index (Phi) is 7.27. The molecular weight excluding hydrogens is 586 g/mol. The highest BCUT2D eigenvalue weighted by atomic mass is 35.5. The lowest BCUT2D eigenvalue weighted by Crippen LogP contribution is -2.46. The first kappa shape index (κ1) is 27.4. The summed E-state index contributed by atoms with van der Waals surface area (Å²) in [5, 5.41) is 2.91. The first-order valence-electron chi connectivity index (χ1n) is 11.8. The standard InChI is InChI=1S/C28H22Cl4N2O3S/c1-27(2)15-28(26(38)33(27)25(36)20-11-9-17(30)13-22(20)32)14-23(34(37-28)18-6-4-3-5-7-18)24(35)19-10-8-16(29)12-21(19)31/h3-13,23H,14-15H2,1-2H3/t23-,28+/m1/s1. The Balaban J connectivity index is 1.55. The van der Waals surface area contributed by atoms with Gasteiger partial charge in [-0.1, -0.05) is 76.8 Å². The molecule has 2 aliphatic rings. The van der Waals surface area contributed by atoms with Crippen molar-refractivity contribution in [3.8, 4) is 0 Å². The Morgan fingerprint density at radius 2 is 1.47 bits per heavy atom. The van der Waals surface area contributed by atoms with Crippen molar-refractivity contribution in [2.45, 2.75) is 43.9 Å². The number of amides is 1. The van der Waals surface area contributed by atoms with Crippen molar-refractivity contribution in [1.29, 1.82) is 0 Å². The van der Waals surface area contributed by atoms with E-state index in [1.54, 1.807) is 34.2 Å². The minimum absolute atomic E-state index is 0.222. The number of carbonyl (C=O) groups is 2. The Hall–Kier alpha value is -2.19. The van der Waals surface area contributed by atoms with Crippen LogP contribution in [-0.4, -0.2) is 38.8 Å². The minimum atomic E-state index is -1.09. The van der Waals surface area contributed by atoms with E-state index in [9.17, 15) is 9.59 Å². The van der Waals surface area contributed by atoms with E-state index in [0.717, 1.165) is 0 Å². The van der Waals surface area contributed by atoms with Gasteiger partial charge in [-0.15, -0.1) is 0 Å². The third kappa shape index (κ3) is 4.72. The number of halogens is 4. The van der Waals surface area contributed by atoms with Gasteiger partial charge in [-0.05, 0) is 62.4 Å². The Labute approximate surface area is 246 Å². The van der Waals surface area contributed by atoms with Gasteiger partial charge in [0.15, 0.2) is 11.4 Å². The summed E-state index contributed by atoms with van der Waals surface area (Å²) in [7, 11) is 0. The molecule has 2 saturated heterocycles. The van der Waals surface area contributed by atoms with Crippen LogP contribution >= 0.6 is 58.6 Å². The maximum atomic E-state index is 13.9. The maximum Gasteiger partial charge on any atom is 0.260 e. The van der Waals surface area contributed by atoms with E-state index in [1.165, 1.54) is 12.1 Å². The molecule has 2 aliphatic heterocycles. The van der Waals surface area contributed by atoms with Crippen molar-refractivity contribution >= 4 is 81.0 Å². The number of likely N-dealkylation sites (tertiary alicyclic amines) is 1. The fourth-order valence-electron chi connectivity index (χ4n) is 5.27. The van der Waals surface area contributed by atoms with Gasteiger partial charge >= 0.3 is 0 Å². The summed E-state index contributed by atoms with van der Waals surface area (Å²) in [6, 6.07) is 18.0. The van der Waals surface area contributed by atoms with E-state index in [2.05, 4.69) is 0 Å². The van der Waals surface area contributed by atoms with E-state index < -0.39 is 17.2 Å². The summed E-state index contributed by atoms with van der Waals surface area (Å²) in [6.07, 6.45) is 0.595. The number of Topliss-reactive ketones (excluding diaryl/α,β-unsaturated/α-hetero) is 1. The zero-order chi connectivity index (χ0) is 27.4. The Morgan fingerprint density at radius 3 is 2.05 bits per heavy atom. The van der Waals surface area contributed by atoms with Gasteiger partial charge in [-0.2, -0.15) is 0 Å². The fourth-order valence-corrected chi connectivity index (χ4v) is 6.79. The second-order valence-corrected chi connectivity index (χ2v) is 12.1. The molecule has 1 spiro atoms. The summed E-state index contributed by atoms with van der Waals surface area (Å²) in [6.45, 7) is 3.83. The number of anilines is 1. The van der Waals surface area contributed by atoms with Crippen LogP contribution in [0, 0.1) is 0 Å². The average molecular weight is 608 g/mol. The summed E-state index contributed by atoms with van der Waals surface area (Å²) >= 11 is 30.8. The van der Waals surface area contributed by atoms with Crippen molar-refractivity contribution in [2.24, 2.45) is 0 Å². The molecule has 0 saturated carbocycles.